The lowest BCUT2D eigenvalue weighted by atomic mass is 10.2. The summed E-state index contributed by atoms with van der Waals surface area (Å²) in [5, 5.41) is 4.50. The van der Waals surface area contributed by atoms with Gasteiger partial charge in [-0.1, -0.05) is 18.2 Å². The molecule has 2 aromatic carbocycles. The largest absolute Gasteiger partial charge is 0.456 e. The molecule has 5 aromatic rings. The van der Waals surface area contributed by atoms with Gasteiger partial charge in [-0.05, 0) is 37.3 Å². The van der Waals surface area contributed by atoms with E-state index in [0.29, 0.717) is 38.8 Å². The first-order chi connectivity index (χ1) is 15.5. The maximum atomic E-state index is 12.8. The fourth-order valence-electron chi connectivity index (χ4n) is 3.26. The summed E-state index contributed by atoms with van der Waals surface area (Å²) in [5.41, 5.74) is 4.15. The van der Waals surface area contributed by atoms with Crippen LogP contribution in [0.3, 0.4) is 0 Å². The van der Waals surface area contributed by atoms with Crippen LogP contribution in [0.5, 0.6) is 11.5 Å². The third kappa shape index (κ3) is 3.83. The second kappa shape index (κ2) is 7.90. The number of nitrogens with zero attached hydrogens (tertiary/aromatic N) is 5. The highest BCUT2D eigenvalue weighted by atomic mass is 35.5. The highest BCUT2D eigenvalue weighted by molar-refractivity contribution is 6.36. The van der Waals surface area contributed by atoms with Gasteiger partial charge in [0.05, 0.1) is 34.6 Å². The first-order valence-electron chi connectivity index (χ1n) is 9.63. The number of halogens is 2. The zero-order chi connectivity index (χ0) is 22.2. The molecule has 0 saturated carbocycles. The van der Waals surface area contributed by atoms with Crippen LogP contribution in [-0.4, -0.2) is 29.7 Å². The quantitative estimate of drug-likeness (QED) is 0.331. The van der Waals surface area contributed by atoms with Crippen LogP contribution in [0.2, 0.25) is 5.02 Å². The lowest BCUT2D eigenvalue weighted by Gasteiger charge is -2.10. The molecule has 0 aliphatic carbocycles. The number of allylic oxidation sites excluding steroid dienone is 2. The number of aromatic nitrogens is 6. The van der Waals surface area contributed by atoms with Gasteiger partial charge in [0.25, 0.3) is 0 Å². The van der Waals surface area contributed by atoms with Gasteiger partial charge in [0.15, 0.2) is 0 Å². The molecule has 3 aromatic heterocycles. The highest BCUT2D eigenvalue weighted by Crippen LogP contribution is 2.35. The molecule has 0 fully saturated rings. The summed E-state index contributed by atoms with van der Waals surface area (Å²) in [6.07, 6.45) is 7.61. The smallest absolute Gasteiger partial charge is 0.148 e. The van der Waals surface area contributed by atoms with Crippen molar-refractivity contribution in [2.45, 2.75) is 6.92 Å². The van der Waals surface area contributed by atoms with Crippen molar-refractivity contribution in [1.82, 2.24) is 29.7 Å². The molecule has 0 aliphatic heterocycles. The number of imidazole rings is 1. The topological polar surface area (TPSA) is 81.5 Å². The van der Waals surface area contributed by atoms with E-state index in [-0.39, 0.29) is 0 Å². The Kier molecular flexibility index (Phi) is 4.91. The normalized spacial score (nSPS) is 11.6. The minimum absolute atomic E-state index is 0.346. The lowest BCUT2D eigenvalue weighted by molar-refractivity contribution is 0.484. The Labute approximate surface area is 186 Å². The van der Waals surface area contributed by atoms with Crippen molar-refractivity contribution < 1.29 is 9.13 Å². The number of hydrogen-bond acceptors (Lipinski definition) is 5. The summed E-state index contributed by atoms with van der Waals surface area (Å²) in [6, 6.07) is 9.13. The van der Waals surface area contributed by atoms with Gasteiger partial charge in [-0.25, -0.2) is 19.0 Å². The van der Waals surface area contributed by atoms with Gasteiger partial charge in [-0.2, -0.15) is 5.10 Å². The molecule has 0 bridgehead atoms. The molecule has 32 heavy (non-hydrogen) atoms. The highest BCUT2D eigenvalue weighted by Gasteiger charge is 2.13. The third-order valence-electron chi connectivity index (χ3n) is 4.72. The van der Waals surface area contributed by atoms with Gasteiger partial charge in [0.2, 0.25) is 0 Å². The number of aromatic amines is 1. The zero-order valence-electron chi connectivity index (χ0n) is 16.9. The molecular weight excluding hydrogens is 431 g/mol. The molecule has 0 unspecified atom stereocenters. The van der Waals surface area contributed by atoms with Gasteiger partial charge in [-0.3, -0.25) is 4.98 Å². The molecule has 158 valence electrons. The van der Waals surface area contributed by atoms with Gasteiger partial charge < -0.3 is 9.72 Å². The van der Waals surface area contributed by atoms with Crippen molar-refractivity contribution in [2.24, 2.45) is 0 Å². The molecule has 5 rings (SSSR count). The molecule has 0 radical (unpaired) electrons. The Hall–Kier alpha value is -4.04. The van der Waals surface area contributed by atoms with Crippen LogP contribution in [0.1, 0.15) is 5.82 Å². The van der Waals surface area contributed by atoms with Crippen LogP contribution < -0.4 is 4.74 Å². The fraction of sp³-hybridized carbons (Fsp3) is 0.0435. The first-order valence-corrected chi connectivity index (χ1v) is 10.0. The van der Waals surface area contributed by atoms with Crippen molar-refractivity contribution >= 4 is 39.9 Å². The van der Waals surface area contributed by atoms with Crippen LogP contribution >= 0.6 is 11.6 Å². The minimum Gasteiger partial charge on any atom is -0.456 e. The van der Waals surface area contributed by atoms with Crippen LogP contribution in [-0.2, 0) is 0 Å². The Bertz CT molecular complexity index is 1520. The lowest BCUT2D eigenvalue weighted by Crippen LogP contribution is -1.92. The van der Waals surface area contributed by atoms with E-state index in [1.165, 1.54) is 17.0 Å². The molecule has 0 amide bonds. The fourth-order valence-corrected chi connectivity index (χ4v) is 3.50. The molecular formula is C23H16ClFN6O. The van der Waals surface area contributed by atoms with E-state index in [2.05, 4.69) is 31.6 Å². The predicted octanol–water partition coefficient (Wildman–Crippen LogP) is 6.08. The van der Waals surface area contributed by atoms with Crippen molar-refractivity contribution in [1.29, 1.82) is 0 Å². The molecule has 0 spiro atoms. The predicted molar refractivity (Wildman–Crippen MR) is 122 cm³/mol. The number of ether oxygens (including phenoxy) is 1. The van der Waals surface area contributed by atoms with Crippen LogP contribution in [0.15, 0.2) is 67.4 Å². The molecule has 0 saturated heterocycles. The number of fused-ring (bicyclic) bond motifs is 2. The summed E-state index contributed by atoms with van der Waals surface area (Å²) in [7, 11) is 0. The monoisotopic (exact) mass is 446 g/mol. The number of hydrogen-bond donors (Lipinski definition) is 1. The molecule has 3 heterocycles. The van der Waals surface area contributed by atoms with Crippen molar-refractivity contribution in [3.05, 3.63) is 78.3 Å². The number of rotatable bonds is 5. The Morgan fingerprint density at radius 3 is 2.88 bits per heavy atom. The summed E-state index contributed by atoms with van der Waals surface area (Å²) in [4.78, 5) is 16.7. The van der Waals surface area contributed by atoms with E-state index in [0.717, 1.165) is 16.9 Å². The van der Waals surface area contributed by atoms with Gasteiger partial charge >= 0.3 is 0 Å². The van der Waals surface area contributed by atoms with E-state index in [4.69, 9.17) is 16.3 Å². The maximum Gasteiger partial charge on any atom is 0.148 e. The zero-order valence-corrected chi connectivity index (χ0v) is 17.6. The Balaban J connectivity index is 1.49. The standard InChI is InChI=1S/C23H16ClFN6O/c1-13(25)7-8-31-12-15(10-27-31)20-11-26-18-5-6-21(22(24)23(18)30-20)32-16-3-4-17-19(9-16)29-14(2)28-17/h3-12H,1H2,2H3,(H,28,29)/b8-7+. The number of benzene rings is 2. The first kappa shape index (κ1) is 19.9. The van der Waals surface area contributed by atoms with Crippen LogP contribution in [0, 0.1) is 6.92 Å². The second-order valence-electron chi connectivity index (χ2n) is 7.08. The SMILES string of the molecule is C=C(F)/C=C/n1cc(-c2cnc3ccc(Oc4ccc5nc(C)[nH]c5c4)c(Cl)c3n2)cn1. The van der Waals surface area contributed by atoms with E-state index in [1.54, 1.807) is 30.7 Å². The number of nitrogens with one attached hydrogen (secondary N) is 1. The maximum absolute atomic E-state index is 12.8. The van der Waals surface area contributed by atoms with Crippen molar-refractivity contribution in [2.75, 3.05) is 0 Å². The molecule has 0 aliphatic rings. The minimum atomic E-state index is -0.561. The summed E-state index contributed by atoms with van der Waals surface area (Å²) in [6.45, 7) is 5.08. The van der Waals surface area contributed by atoms with Crippen LogP contribution in [0.25, 0.3) is 39.5 Å². The molecule has 1 N–H and O–H groups in total. The van der Waals surface area contributed by atoms with Crippen LogP contribution in [0.4, 0.5) is 4.39 Å². The summed E-state index contributed by atoms with van der Waals surface area (Å²) < 4.78 is 20.3. The number of aryl methyl sites for hydroxylation is 1. The summed E-state index contributed by atoms with van der Waals surface area (Å²) >= 11 is 6.63. The Morgan fingerprint density at radius 1 is 1.19 bits per heavy atom. The van der Waals surface area contributed by atoms with Crippen molar-refractivity contribution in [3.63, 3.8) is 0 Å². The average molecular weight is 447 g/mol. The van der Waals surface area contributed by atoms with Gasteiger partial charge in [0.1, 0.15) is 33.7 Å². The van der Waals surface area contributed by atoms with Gasteiger partial charge in [-0.15, -0.1) is 0 Å². The van der Waals surface area contributed by atoms with E-state index in [1.807, 2.05) is 25.1 Å². The molecule has 9 heteroatoms. The molecule has 0 atom stereocenters. The third-order valence-corrected chi connectivity index (χ3v) is 5.09. The summed E-state index contributed by atoms with van der Waals surface area (Å²) in [5.74, 6) is 1.35. The van der Waals surface area contributed by atoms with E-state index < -0.39 is 5.83 Å². The van der Waals surface area contributed by atoms with Crippen molar-refractivity contribution in [3.8, 4) is 22.8 Å². The van der Waals surface area contributed by atoms with Gasteiger partial charge in [0, 0.05) is 24.0 Å². The Morgan fingerprint density at radius 2 is 2.03 bits per heavy atom. The van der Waals surface area contributed by atoms with E-state index in [9.17, 15) is 4.39 Å². The average Bonchev–Trinajstić information content (AvgIpc) is 3.39. The number of H-pyrrole nitrogens is 1. The van der Waals surface area contributed by atoms with E-state index >= 15 is 0 Å². The molecule has 7 nitrogen and oxygen atoms in total. The second-order valence-corrected chi connectivity index (χ2v) is 7.45.